The molecule has 25 heavy (non-hydrogen) atoms. The highest BCUT2D eigenvalue weighted by Gasteiger charge is 2.29. The largest absolute Gasteiger partial charge is 0.480 e. The summed E-state index contributed by atoms with van der Waals surface area (Å²) in [5.41, 5.74) is 4.40. The van der Waals surface area contributed by atoms with Crippen LogP contribution >= 0.6 is 11.3 Å². The molecule has 1 atom stereocenters. The van der Waals surface area contributed by atoms with Gasteiger partial charge < -0.3 is 5.11 Å². The van der Waals surface area contributed by atoms with E-state index >= 15 is 0 Å². The number of aromatic nitrogens is 2. The van der Waals surface area contributed by atoms with E-state index in [1.54, 1.807) is 11.3 Å². The Morgan fingerprint density at radius 2 is 2.16 bits per heavy atom. The number of nitrogens with zero attached hydrogens (tertiary/aromatic N) is 2. The maximum Gasteiger partial charge on any atom is 0.321 e. The van der Waals surface area contributed by atoms with Crippen molar-refractivity contribution in [2.75, 3.05) is 0 Å². The summed E-state index contributed by atoms with van der Waals surface area (Å²) >= 11 is 1.67. The molecule has 0 amide bonds. The molecule has 1 fully saturated rings. The number of benzene rings is 1. The van der Waals surface area contributed by atoms with Gasteiger partial charge >= 0.3 is 5.97 Å². The summed E-state index contributed by atoms with van der Waals surface area (Å²) in [6.07, 6.45) is 2.94. The van der Waals surface area contributed by atoms with Crippen LogP contribution in [0.2, 0.25) is 0 Å². The number of aliphatic carboxylic acids is 1. The molecule has 3 aromatic rings. The zero-order valence-corrected chi connectivity index (χ0v) is 14.9. The maximum absolute atomic E-state index is 11.7. The van der Waals surface area contributed by atoms with Gasteiger partial charge in [0.05, 0.1) is 11.4 Å². The molecule has 2 N–H and O–H groups in total. The Morgan fingerprint density at radius 1 is 1.40 bits per heavy atom. The van der Waals surface area contributed by atoms with Crippen LogP contribution in [-0.2, 0) is 17.8 Å². The molecule has 0 spiro atoms. The summed E-state index contributed by atoms with van der Waals surface area (Å²) in [6.45, 7) is 2.51. The van der Waals surface area contributed by atoms with Gasteiger partial charge in [-0.3, -0.25) is 14.5 Å². The molecule has 0 unspecified atom stereocenters. The highest BCUT2D eigenvalue weighted by molar-refractivity contribution is 7.15. The summed E-state index contributed by atoms with van der Waals surface area (Å²) in [4.78, 5) is 17.3. The van der Waals surface area contributed by atoms with Gasteiger partial charge in [-0.05, 0) is 31.7 Å². The van der Waals surface area contributed by atoms with Crippen LogP contribution in [0.15, 0.2) is 35.7 Å². The van der Waals surface area contributed by atoms with E-state index in [1.165, 1.54) is 18.5 Å². The predicted molar refractivity (Wildman–Crippen MR) is 98.2 cm³/mol. The molecule has 2 heterocycles. The molecule has 1 saturated carbocycles. The zero-order valence-electron chi connectivity index (χ0n) is 14.1. The lowest BCUT2D eigenvalue weighted by Crippen LogP contribution is -2.38. The lowest BCUT2D eigenvalue weighted by atomic mass is 10.1. The topological polar surface area (TPSA) is 66.6 Å². The lowest BCUT2D eigenvalue weighted by Gasteiger charge is -2.15. The monoisotopic (exact) mass is 355 g/mol. The summed E-state index contributed by atoms with van der Waals surface area (Å²) in [5.74, 6) is -0.185. The third-order valence-electron chi connectivity index (χ3n) is 4.78. The first-order valence-electron chi connectivity index (χ1n) is 8.59. The zero-order chi connectivity index (χ0) is 17.4. The SMILES string of the molecule is Cc1nc2scc(C3CC3)n2c1CN[C@@H](Cc1ccccc1)C(=O)O. The van der Waals surface area contributed by atoms with Gasteiger partial charge in [-0.25, -0.2) is 4.98 Å². The molecule has 4 rings (SSSR count). The van der Waals surface area contributed by atoms with Crippen molar-refractivity contribution < 1.29 is 9.90 Å². The van der Waals surface area contributed by atoms with E-state index in [0.29, 0.717) is 18.9 Å². The molecule has 0 aliphatic heterocycles. The van der Waals surface area contributed by atoms with E-state index in [2.05, 4.69) is 20.1 Å². The van der Waals surface area contributed by atoms with E-state index in [0.717, 1.165) is 21.9 Å². The van der Waals surface area contributed by atoms with Gasteiger partial charge in [0.1, 0.15) is 6.04 Å². The smallest absolute Gasteiger partial charge is 0.321 e. The van der Waals surface area contributed by atoms with Crippen LogP contribution in [0.25, 0.3) is 4.96 Å². The van der Waals surface area contributed by atoms with Crippen molar-refractivity contribution in [1.29, 1.82) is 0 Å². The van der Waals surface area contributed by atoms with Gasteiger partial charge in [-0.1, -0.05) is 30.3 Å². The molecule has 2 aromatic heterocycles. The summed E-state index contributed by atoms with van der Waals surface area (Å²) in [5, 5.41) is 15.0. The Bertz CT molecular complexity index is 896. The summed E-state index contributed by atoms with van der Waals surface area (Å²) in [6, 6.07) is 9.12. The van der Waals surface area contributed by atoms with Crippen molar-refractivity contribution in [3.63, 3.8) is 0 Å². The Balaban J connectivity index is 1.54. The van der Waals surface area contributed by atoms with Gasteiger partial charge in [-0.2, -0.15) is 0 Å². The Labute approximate surface area is 150 Å². The molecule has 1 aliphatic carbocycles. The standard InChI is InChI=1S/C19H21N3O2S/c1-12-16(22-17(14-7-8-14)11-25-19(22)21-12)10-20-15(18(23)24)9-13-5-3-2-4-6-13/h2-6,11,14-15,20H,7-10H2,1H3,(H,23,24)/t15-/m0/s1. The van der Waals surface area contributed by atoms with Crippen LogP contribution in [0, 0.1) is 6.92 Å². The van der Waals surface area contributed by atoms with Gasteiger partial charge in [-0.15, -0.1) is 11.3 Å². The number of nitrogens with one attached hydrogen (secondary N) is 1. The fraction of sp³-hybridized carbons (Fsp3) is 0.368. The number of thiazole rings is 1. The molecule has 130 valence electrons. The highest BCUT2D eigenvalue weighted by Crippen LogP contribution is 2.42. The van der Waals surface area contributed by atoms with Gasteiger partial charge in [0.2, 0.25) is 0 Å². The number of hydrogen-bond donors (Lipinski definition) is 2. The normalized spacial score (nSPS) is 15.6. The second kappa shape index (κ2) is 6.61. The molecule has 1 aliphatic rings. The third-order valence-corrected chi connectivity index (χ3v) is 5.62. The molecule has 0 bridgehead atoms. The molecular formula is C19H21N3O2S. The lowest BCUT2D eigenvalue weighted by molar-refractivity contribution is -0.139. The second-order valence-electron chi connectivity index (χ2n) is 6.66. The molecule has 6 heteroatoms. The number of aryl methyl sites for hydroxylation is 1. The minimum Gasteiger partial charge on any atom is -0.480 e. The van der Waals surface area contributed by atoms with Crippen molar-refractivity contribution >= 4 is 22.3 Å². The van der Waals surface area contributed by atoms with E-state index in [1.807, 2.05) is 37.3 Å². The number of carboxylic acids is 1. The van der Waals surface area contributed by atoms with Crippen LogP contribution in [-0.4, -0.2) is 26.5 Å². The van der Waals surface area contributed by atoms with Gasteiger partial charge in [0.25, 0.3) is 0 Å². The van der Waals surface area contributed by atoms with Crippen LogP contribution in [0.4, 0.5) is 0 Å². The molecule has 0 radical (unpaired) electrons. The number of fused-ring (bicyclic) bond motifs is 1. The summed E-state index contributed by atoms with van der Waals surface area (Å²) < 4.78 is 2.23. The number of carbonyl (C=O) groups is 1. The van der Waals surface area contributed by atoms with E-state index in [-0.39, 0.29) is 0 Å². The van der Waals surface area contributed by atoms with Crippen LogP contribution in [0.5, 0.6) is 0 Å². The highest BCUT2D eigenvalue weighted by atomic mass is 32.1. The van der Waals surface area contributed by atoms with Crippen molar-refractivity contribution in [3.8, 4) is 0 Å². The van der Waals surface area contributed by atoms with E-state index in [4.69, 9.17) is 0 Å². The molecule has 5 nitrogen and oxygen atoms in total. The average molecular weight is 355 g/mol. The Hall–Kier alpha value is -2.18. The Morgan fingerprint density at radius 3 is 2.84 bits per heavy atom. The average Bonchev–Trinajstić information content (AvgIpc) is 3.29. The molecule has 0 saturated heterocycles. The van der Waals surface area contributed by atoms with Crippen molar-refractivity contribution in [3.05, 3.63) is 58.4 Å². The quantitative estimate of drug-likeness (QED) is 0.682. The first kappa shape index (κ1) is 16.3. The maximum atomic E-state index is 11.7. The van der Waals surface area contributed by atoms with Gasteiger partial charge in [0, 0.05) is 23.5 Å². The molecular weight excluding hydrogens is 334 g/mol. The number of imidazole rings is 1. The summed E-state index contributed by atoms with van der Waals surface area (Å²) in [7, 11) is 0. The number of carboxylic acid groups (broad SMARTS) is 1. The first-order valence-corrected chi connectivity index (χ1v) is 9.47. The van der Waals surface area contributed by atoms with Crippen LogP contribution < -0.4 is 5.32 Å². The van der Waals surface area contributed by atoms with Gasteiger partial charge in [0.15, 0.2) is 4.96 Å². The van der Waals surface area contributed by atoms with Crippen molar-refractivity contribution in [2.45, 2.75) is 44.7 Å². The van der Waals surface area contributed by atoms with Crippen LogP contribution in [0.3, 0.4) is 0 Å². The molecule has 1 aromatic carbocycles. The minimum atomic E-state index is -0.824. The Kier molecular flexibility index (Phi) is 4.31. The number of rotatable bonds is 7. The number of hydrogen-bond acceptors (Lipinski definition) is 4. The van der Waals surface area contributed by atoms with Crippen LogP contribution in [0.1, 0.15) is 41.4 Å². The van der Waals surface area contributed by atoms with E-state index < -0.39 is 12.0 Å². The fourth-order valence-electron chi connectivity index (χ4n) is 3.23. The minimum absolute atomic E-state index is 0.469. The predicted octanol–water partition coefficient (Wildman–Crippen LogP) is 3.37. The van der Waals surface area contributed by atoms with E-state index in [9.17, 15) is 9.90 Å². The van der Waals surface area contributed by atoms with Crippen molar-refractivity contribution in [1.82, 2.24) is 14.7 Å². The second-order valence-corrected chi connectivity index (χ2v) is 7.49. The first-order chi connectivity index (χ1) is 12.1. The third kappa shape index (κ3) is 3.32. The fourth-order valence-corrected chi connectivity index (χ4v) is 4.26. The van der Waals surface area contributed by atoms with Crippen molar-refractivity contribution in [2.24, 2.45) is 0 Å².